The van der Waals surface area contributed by atoms with Gasteiger partial charge in [-0.2, -0.15) is 0 Å². The fraction of sp³-hybridized carbons (Fsp3) is 0.333. The molecule has 66 valence electrons. The molecule has 0 aliphatic carbocycles. The van der Waals surface area contributed by atoms with Gasteiger partial charge in [-0.15, -0.1) is 0 Å². The molecule has 0 radical (unpaired) electrons. The molecule has 0 aromatic heterocycles. The molecule has 0 bridgehead atoms. The minimum Gasteiger partial charge on any atom is -0.396 e. The fourth-order valence-electron chi connectivity index (χ4n) is 1.08. The van der Waals surface area contributed by atoms with Crippen molar-refractivity contribution in [2.75, 3.05) is 6.61 Å². The standard InChI is InChI=1S/C9H10ClFO/c1-6-7(2-3-12)4-8(11)5-9(6)10/h4-5,12H,2-3H2,1H3. The van der Waals surface area contributed by atoms with Crippen LogP contribution in [0.4, 0.5) is 4.39 Å². The SMILES string of the molecule is Cc1c(Cl)cc(F)cc1CCO. The highest BCUT2D eigenvalue weighted by Gasteiger charge is 2.04. The number of halogens is 2. The van der Waals surface area contributed by atoms with Crippen molar-refractivity contribution in [1.29, 1.82) is 0 Å². The van der Waals surface area contributed by atoms with Crippen LogP contribution < -0.4 is 0 Å². The average molecular weight is 189 g/mol. The van der Waals surface area contributed by atoms with Gasteiger partial charge in [-0.05, 0) is 36.6 Å². The molecule has 1 aromatic rings. The summed E-state index contributed by atoms with van der Waals surface area (Å²) >= 11 is 5.73. The predicted molar refractivity (Wildman–Crippen MR) is 46.9 cm³/mol. The zero-order valence-electron chi connectivity index (χ0n) is 6.77. The largest absolute Gasteiger partial charge is 0.396 e. The lowest BCUT2D eigenvalue weighted by molar-refractivity contribution is 0.299. The quantitative estimate of drug-likeness (QED) is 0.755. The molecule has 1 N–H and O–H groups in total. The summed E-state index contributed by atoms with van der Waals surface area (Å²) < 4.78 is 12.8. The van der Waals surface area contributed by atoms with Crippen LogP contribution in [-0.2, 0) is 6.42 Å². The second-order valence-corrected chi connectivity index (χ2v) is 3.05. The zero-order chi connectivity index (χ0) is 9.14. The van der Waals surface area contributed by atoms with Crippen molar-refractivity contribution in [3.8, 4) is 0 Å². The van der Waals surface area contributed by atoms with Crippen LogP contribution in [-0.4, -0.2) is 11.7 Å². The highest BCUT2D eigenvalue weighted by Crippen LogP contribution is 2.21. The Kier molecular flexibility index (Phi) is 3.06. The lowest BCUT2D eigenvalue weighted by Crippen LogP contribution is -1.95. The number of aliphatic hydroxyl groups excluding tert-OH is 1. The summed E-state index contributed by atoms with van der Waals surface area (Å²) in [6.07, 6.45) is 0.448. The molecular weight excluding hydrogens is 179 g/mol. The van der Waals surface area contributed by atoms with E-state index in [9.17, 15) is 4.39 Å². The Labute approximate surface area is 75.8 Å². The lowest BCUT2D eigenvalue weighted by atomic mass is 10.1. The van der Waals surface area contributed by atoms with E-state index in [4.69, 9.17) is 16.7 Å². The van der Waals surface area contributed by atoms with Gasteiger partial charge < -0.3 is 5.11 Å². The number of hydrogen-bond acceptors (Lipinski definition) is 1. The Hall–Kier alpha value is -0.600. The van der Waals surface area contributed by atoms with Crippen LogP contribution in [0.1, 0.15) is 11.1 Å². The van der Waals surface area contributed by atoms with E-state index in [1.807, 2.05) is 6.92 Å². The fourth-order valence-corrected chi connectivity index (χ4v) is 1.30. The van der Waals surface area contributed by atoms with E-state index in [1.165, 1.54) is 12.1 Å². The predicted octanol–water partition coefficient (Wildman–Crippen LogP) is 2.32. The molecular formula is C9H10ClFO. The van der Waals surface area contributed by atoms with Gasteiger partial charge >= 0.3 is 0 Å². The second-order valence-electron chi connectivity index (χ2n) is 2.65. The van der Waals surface area contributed by atoms with E-state index >= 15 is 0 Å². The van der Waals surface area contributed by atoms with E-state index in [1.54, 1.807) is 0 Å². The molecule has 0 spiro atoms. The van der Waals surface area contributed by atoms with Gasteiger partial charge in [-0.25, -0.2) is 4.39 Å². The van der Waals surface area contributed by atoms with Gasteiger partial charge in [0.25, 0.3) is 0 Å². The minimum atomic E-state index is -0.353. The molecule has 1 nitrogen and oxygen atoms in total. The van der Waals surface area contributed by atoms with Crippen LogP contribution in [0.2, 0.25) is 5.02 Å². The Morgan fingerprint density at radius 3 is 2.75 bits per heavy atom. The second kappa shape index (κ2) is 3.87. The van der Waals surface area contributed by atoms with Gasteiger partial charge in [0, 0.05) is 11.6 Å². The summed E-state index contributed by atoms with van der Waals surface area (Å²) in [5.41, 5.74) is 1.61. The summed E-state index contributed by atoms with van der Waals surface area (Å²) in [6, 6.07) is 2.68. The monoisotopic (exact) mass is 188 g/mol. The molecule has 0 saturated carbocycles. The van der Waals surface area contributed by atoms with Crippen molar-refractivity contribution < 1.29 is 9.50 Å². The molecule has 0 unspecified atom stereocenters. The van der Waals surface area contributed by atoms with Crippen molar-refractivity contribution in [3.63, 3.8) is 0 Å². The van der Waals surface area contributed by atoms with Gasteiger partial charge in [-0.3, -0.25) is 0 Å². The molecule has 0 saturated heterocycles. The molecule has 0 amide bonds. The Morgan fingerprint density at radius 1 is 1.50 bits per heavy atom. The van der Waals surface area contributed by atoms with Gasteiger partial charge in [-0.1, -0.05) is 11.6 Å². The third kappa shape index (κ3) is 1.96. The van der Waals surface area contributed by atoms with Crippen molar-refractivity contribution in [3.05, 3.63) is 34.1 Å². The van der Waals surface area contributed by atoms with Gasteiger partial charge in [0.05, 0.1) is 0 Å². The van der Waals surface area contributed by atoms with Gasteiger partial charge in [0.15, 0.2) is 0 Å². The van der Waals surface area contributed by atoms with Crippen molar-refractivity contribution in [2.24, 2.45) is 0 Å². The number of hydrogen-bond donors (Lipinski definition) is 1. The van der Waals surface area contributed by atoms with Crippen LogP contribution in [0.3, 0.4) is 0 Å². The molecule has 0 atom stereocenters. The maximum Gasteiger partial charge on any atom is 0.124 e. The van der Waals surface area contributed by atoms with Crippen molar-refractivity contribution in [1.82, 2.24) is 0 Å². The van der Waals surface area contributed by atoms with Crippen LogP contribution in [0, 0.1) is 12.7 Å². The van der Waals surface area contributed by atoms with Crippen LogP contribution >= 0.6 is 11.6 Å². The van der Waals surface area contributed by atoms with E-state index in [0.29, 0.717) is 11.4 Å². The number of rotatable bonds is 2. The summed E-state index contributed by atoms with van der Waals surface area (Å²) in [6.45, 7) is 1.83. The van der Waals surface area contributed by atoms with Crippen molar-refractivity contribution in [2.45, 2.75) is 13.3 Å². The van der Waals surface area contributed by atoms with Crippen LogP contribution in [0.25, 0.3) is 0 Å². The Bertz CT molecular complexity index is 286. The van der Waals surface area contributed by atoms with Gasteiger partial charge in [0.2, 0.25) is 0 Å². The zero-order valence-corrected chi connectivity index (χ0v) is 7.53. The molecule has 0 aliphatic heterocycles. The minimum absolute atomic E-state index is 0.0145. The molecule has 0 heterocycles. The number of benzene rings is 1. The summed E-state index contributed by atoms with van der Waals surface area (Å²) in [7, 11) is 0. The van der Waals surface area contributed by atoms with E-state index in [2.05, 4.69) is 0 Å². The molecule has 0 aliphatic rings. The first-order valence-electron chi connectivity index (χ1n) is 3.70. The van der Waals surface area contributed by atoms with E-state index < -0.39 is 0 Å². The van der Waals surface area contributed by atoms with Crippen molar-refractivity contribution >= 4 is 11.6 Å². The first kappa shape index (κ1) is 9.49. The molecule has 0 fully saturated rings. The normalized spacial score (nSPS) is 10.3. The van der Waals surface area contributed by atoms with Crippen LogP contribution in [0.15, 0.2) is 12.1 Å². The van der Waals surface area contributed by atoms with E-state index in [-0.39, 0.29) is 12.4 Å². The molecule has 1 rings (SSSR count). The highest BCUT2D eigenvalue weighted by atomic mass is 35.5. The lowest BCUT2D eigenvalue weighted by Gasteiger charge is -2.05. The number of aliphatic hydroxyl groups is 1. The highest BCUT2D eigenvalue weighted by molar-refractivity contribution is 6.31. The maximum absolute atomic E-state index is 12.8. The first-order chi connectivity index (χ1) is 5.65. The summed E-state index contributed by atoms with van der Waals surface area (Å²) in [5.74, 6) is -0.353. The molecule has 1 aromatic carbocycles. The van der Waals surface area contributed by atoms with Gasteiger partial charge in [0.1, 0.15) is 5.82 Å². The summed E-state index contributed by atoms with van der Waals surface area (Å²) in [5, 5.41) is 9.08. The van der Waals surface area contributed by atoms with Crippen LogP contribution in [0.5, 0.6) is 0 Å². The topological polar surface area (TPSA) is 20.2 Å². The first-order valence-corrected chi connectivity index (χ1v) is 4.08. The molecule has 3 heteroatoms. The Morgan fingerprint density at radius 2 is 2.17 bits per heavy atom. The molecule has 12 heavy (non-hydrogen) atoms. The van der Waals surface area contributed by atoms with E-state index in [0.717, 1.165) is 11.1 Å². The average Bonchev–Trinajstić information content (AvgIpc) is 2.00. The Balaban J connectivity index is 3.09. The third-order valence-corrected chi connectivity index (χ3v) is 2.19. The third-order valence-electron chi connectivity index (χ3n) is 1.80. The summed E-state index contributed by atoms with van der Waals surface area (Å²) in [4.78, 5) is 0. The maximum atomic E-state index is 12.8. The smallest absolute Gasteiger partial charge is 0.124 e.